The number of nitrogens with zero attached hydrogens (tertiary/aromatic N) is 3. The van der Waals surface area contributed by atoms with Crippen molar-refractivity contribution in [2.75, 3.05) is 43.1 Å². The Bertz CT molecular complexity index is 1720. The van der Waals surface area contributed by atoms with Crippen LogP contribution in [-0.4, -0.2) is 52.6 Å². The van der Waals surface area contributed by atoms with Crippen LogP contribution in [0.5, 0.6) is 5.75 Å². The molecular formula is C41H52N4O4S. The molecule has 50 heavy (non-hydrogen) atoms. The van der Waals surface area contributed by atoms with Crippen molar-refractivity contribution in [2.24, 2.45) is 0 Å². The number of imidazole rings is 1. The van der Waals surface area contributed by atoms with Gasteiger partial charge in [-0.25, -0.2) is 4.98 Å². The fourth-order valence-corrected chi connectivity index (χ4v) is 7.19. The molecule has 3 aromatic carbocycles. The molecule has 2 heterocycles. The molecule has 1 aliphatic heterocycles. The van der Waals surface area contributed by atoms with Crippen molar-refractivity contribution < 1.29 is 18.5 Å². The Balaban J connectivity index is 1.29. The first kappa shape index (κ1) is 37.1. The number of carbonyl (C=O) groups is 1. The van der Waals surface area contributed by atoms with Gasteiger partial charge < -0.3 is 24.3 Å². The Morgan fingerprint density at radius 3 is 2.42 bits per heavy atom. The summed E-state index contributed by atoms with van der Waals surface area (Å²) < 4.78 is 26.7. The molecular weight excluding hydrogens is 645 g/mol. The van der Waals surface area contributed by atoms with Crippen LogP contribution in [0, 0.1) is 0 Å². The molecule has 1 aromatic heterocycles. The highest BCUT2D eigenvalue weighted by Gasteiger charge is 2.19. The molecule has 266 valence electrons. The van der Waals surface area contributed by atoms with E-state index in [-0.39, 0.29) is 5.91 Å². The van der Waals surface area contributed by atoms with Crippen LogP contribution in [0.2, 0.25) is 0 Å². The maximum absolute atomic E-state index is 13.7. The van der Waals surface area contributed by atoms with Gasteiger partial charge in [0.1, 0.15) is 12.4 Å². The Kier molecular flexibility index (Phi) is 14.3. The number of rotatable bonds is 18. The first-order valence-corrected chi connectivity index (χ1v) is 19.5. The number of nitrogens with one attached hydrogen (secondary N) is 1. The Labute approximate surface area is 300 Å². The van der Waals surface area contributed by atoms with Crippen LogP contribution in [0.4, 0.5) is 11.4 Å². The highest BCUT2D eigenvalue weighted by atomic mass is 32.2. The van der Waals surface area contributed by atoms with Gasteiger partial charge in [0.2, 0.25) is 0 Å². The molecule has 1 N–H and O–H groups in total. The lowest BCUT2D eigenvalue weighted by atomic mass is 9.96. The van der Waals surface area contributed by atoms with Gasteiger partial charge in [0.15, 0.2) is 0 Å². The summed E-state index contributed by atoms with van der Waals surface area (Å²) in [5.74, 6) is 1.12. The molecule has 1 aliphatic rings. The Morgan fingerprint density at radius 2 is 1.66 bits per heavy atom. The van der Waals surface area contributed by atoms with Gasteiger partial charge in [0.25, 0.3) is 5.91 Å². The van der Waals surface area contributed by atoms with E-state index in [0.29, 0.717) is 31.1 Å². The highest BCUT2D eigenvalue weighted by Crippen LogP contribution is 2.33. The molecule has 5 rings (SSSR count). The Morgan fingerprint density at radius 1 is 0.880 bits per heavy atom. The SMILES string of the molecule is CCCCOCCOc1ccc(-c2ccc3c(c2)C=C(C(=O)Nc2ccc(S(=O)Cc4cncn4CCC)cc2)CCCN3CCCC)cc1. The highest BCUT2D eigenvalue weighted by molar-refractivity contribution is 7.84. The van der Waals surface area contributed by atoms with Gasteiger partial charge in [-0.15, -0.1) is 0 Å². The average molecular weight is 697 g/mol. The van der Waals surface area contributed by atoms with Crippen LogP contribution in [-0.2, 0) is 32.6 Å². The zero-order valence-electron chi connectivity index (χ0n) is 29.9. The number of aryl methyl sites for hydroxylation is 1. The number of anilines is 2. The number of carbonyl (C=O) groups excluding carboxylic acids is 1. The maximum Gasteiger partial charge on any atom is 0.251 e. The zero-order valence-corrected chi connectivity index (χ0v) is 30.7. The summed E-state index contributed by atoms with van der Waals surface area (Å²) in [6.07, 6.45) is 12.6. The third-order valence-corrected chi connectivity index (χ3v) is 10.2. The van der Waals surface area contributed by atoms with Crippen molar-refractivity contribution >= 4 is 34.2 Å². The average Bonchev–Trinajstić information content (AvgIpc) is 3.56. The molecule has 0 spiro atoms. The largest absolute Gasteiger partial charge is 0.491 e. The fraction of sp³-hybridized carbons (Fsp3) is 0.415. The lowest BCUT2D eigenvalue weighted by Gasteiger charge is -2.29. The number of fused-ring (bicyclic) bond motifs is 1. The second-order valence-corrected chi connectivity index (χ2v) is 14.2. The van der Waals surface area contributed by atoms with Crippen LogP contribution in [0.25, 0.3) is 17.2 Å². The summed E-state index contributed by atoms with van der Waals surface area (Å²) in [5, 5.41) is 3.10. The van der Waals surface area contributed by atoms with Gasteiger partial charge >= 0.3 is 0 Å². The van der Waals surface area contributed by atoms with Gasteiger partial charge in [-0.3, -0.25) is 9.00 Å². The minimum atomic E-state index is -1.21. The van der Waals surface area contributed by atoms with E-state index in [1.165, 1.54) is 0 Å². The van der Waals surface area contributed by atoms with Crippen LogP contribution in [0.15, 0.2) is 89.7 Å². The molecule has 1 atom stereocenters. The van der Waals surface area contributed by atoms with Gasteiger partial charge in [0.05, 0.1) is 35.2 Å². The molecule has 0 aliphatic carbocycles. The maximum atomic E-state index is 13.7. The number of ether oxygens (including phenoxy) is 2. The third-order valence-electron chi connectivity index (χ3n) is 8.89. The van der Waals surface area contributed by atoms with Gasteiger partial charge in [-0.2, -0.15) is 0 Å². The summed E-state index contributed by atoms with van der Waals surface area (Å²) in [4.78, 5) is 21.1. The first-order valence-electron chi connectivity index (χ1n) is 18.2. The molecule has 9 heteroatoms. The number of unbranched alkanes of at least 4 members (excludes halogenated alkanes) is 2. The minimum absolute atomic E-state index is 0.110. The number of amides is 1. The number of benzene rings is 3. The van der Waals surface area contributed by atoms with Gasteiger partial charge in [-0.05, 0) is 103 Å². The van der Waals surface area contributed by atoms with Crippen LogP contribution < -0.4 is 15.0 Å². The molecule has 0 fully saturated rings. The predicted molar refractivity (Wildman–Crippen MR) is 205 cm³/mol. The van der Waals surface area contributed by atoms with Crippen molar-refractivity contribution in [3.05, 3.63) is 96.1 Å². The molecule has 0 radical (unpaired) electrons. The summed E-state index contributed by atoms with van der Waals surface area (Å²) in [7, 11) is -1.21. The van der Waals surface area contributed by atoms with E-state index in [1.807, 2.05) is 36.4 Å². The topological polar surface area (TPSA) is 85.7 Å². The standard InChI is InChI=1S/C41H52N4O4S/c1-4-7-22-44-23-9-10-34(41(46)43-36-14-18-39(19-15-36)50(47)30-37-29-42-31-45(37)21-6-3)28-35-27-33(13-20-40(35)44)32-11-16-38(17-12-32)49-26-25-48-24-8-5-2/h11-20,27-29,31H,4-10,21-26,30H2,1-3H3,(H,43,46). The molecule has 0 bridgehead atoms. The predicted octanol–water partition coefficient (Wildman–Crippen LogP) is 8.89. The van der Waals surface area contributed by atoms with Crippen LogP contribution in [0.1, 0.15) is 77.0 Å². The summed E-state index contributed by atoms with van der Waals surface area (Å²) in [6, 6.07) is 22.1. The fourth-order valence-electron chi connectivity index (χ4n) is 6.08. The molecule has 0 saturated carbocycles. The summed E-state index contributed by atoms with van der Waals surface area (Å²) >= 11 is 0. The van der Waals surface area contributed by atoms with E-state index < -0.39 is 10.8 Å². The van der Waals surface area contributed by atoms with Crippen molar-refractivity contribution in [3.63, 3.8) is 0 Å². The first-order chi connectivity index (χ1) is 24.5. The minimum Gasteiger partial charge on any atom is -0.491 e. The van der Waals surface area contributed by atoms with Crippen molar-refractivity contribution in [2.45, 2.75) is 82.9 Å². The normalized spacial score (nSPS) is 13.6. The van der Waals surface area contributed by atoms with E-state index in [2.05, 4.69) is 76.9 Å². The lowest BCUT2D eigenvalue weighted by molar-refractivity contribution is -0.112. The molecule has 4 aromatic rings. The van der Waals surface area contributed by atoms with Crippen LogP contribution >= 0.6 is 0 Å². The van der Waals surface area contributed by atoms with Crippen molar-refractivity contribution in [1.29, 1.82) is 0 Å². The molecule has 0 saturated heterocycles. The van der Waals surface area contributed by atoms with Crippen LogP contribution in [0.3, 0.4) is 0 Å². The molecule has 1 unspecified atom stereocenters. The number of hydrogen-bond donors (Lipinski definition) is 1. The molecule has 1 amide bonds. The summed E-state index contributed by atoms with van der Waals surface area (Å²) in [6.45, 7) is 11.1. The second kappa shape index (κ2) is 19.3. The number of aromatic nitrogens is 2. The van der Waals surface area contributed by atoms with Gasteiger partial charge in [-0.1, -0.05) is 51.8 Å². The van der Waals surface area contributed by atoms with Crippen molar-refractivity contribution in [3.8, 4) is 16.9 Å². The van der Waals surface area contributed by atoms with E-state index in [0.717, 1.165) is 109 Å². The monoisotopic (exact) mass is 696 g/mol. The van der Waals surface area contributed by atoms with E-state index >= 15 is 0 Å². The van der Waals surface area contributed by atoms with E-state index in [1.54, 1.807) is 12.5 Å². The van der Waals surface area contributed by atoms with E-state index in [9.17, 15) is 9.00 Å². The second-order valence-electron chi connectivity index (χ2n) is 12.8. The smallest absolute Gasteiger partial charge is 0.251 e. The lowest BCUT2D eigenvalue weighted by Crippen LogP contribution is -2.28. The molecule has 8 nitrogen and oxygen atoms in total. The Hall–Kier alpha value is -4.21. The van der Waals surface area contributed by atoms with Crippen molar-refractivity contribution in [1.82, 2.24) is 9.55 Å². The summed E-state index contributed by atoms with van der Waals surface area (Å²) in [5.41, 5.74) is 6.77. The van der Waals surface area contributed by atoms with Gasteiger partial charge in [0, 0.05) is 54.3 Å². The number of hydrogen-bond acceptors (Lipinski definition) is 6. The quantitative estimate of drug-likeness (QED) is 0.105. The van der Waals surface area contributed by atoms with E-state index in [4.69, 9.17) is 9.47 Å². The third kappa shape index (κ3) is 10.4. The zero-order chi connectivity index (χ0) is 35.1.